The van der Waals surface area contributed by atoms with Gasteiger partial charge in [0, 0.05) is 0 Å². The minimum atomic E-state index is -0.444. The van der Waals surface area contributed by atoms with Crippen LogP contribution in [0.25, 0.3) is 0 Å². The molecule has 0 aliphatic carbocycles. The van der Waals surface area contributed by atoms with E-state index in [1.165, 1.54) is 70.6 Å². The van der Waals surface area contributed by atoms with Crippen molar-refractivity contribution in [3.8, 4) is 0 Å². The number of carbonyl (C=O) groups is 3. The topological polar surface area (TPSA) is 69.7 Å². The van der Waals surface area contributed by atoms with E-state index in [0.717, 1.165) is 32.1 Å². The number of ether oxygens (including phenoxy) is 2. The zero-order valence-corrected chi connectivity index (χ0v) is 24.7. The van der Waals surface area contributed by atoms with Crippen molar-refractivity contribution in [2.75, 3.05) is 13.2 Å². The molecule has 0 heterocycles. The third-order valence-corrected chi connectivity index (χ3v) is 6.16. The Morgan fingerprint density at radius 3 is 1.42 bits per heavy atom. The Morgan fingerprint density at radius 1 is 0.605 bits per heavy atom. The summed E-state index contributed by atoms with van der Waals surface area (Å²) < 4.78 is 10.7. The van der Waals surface area contributed by atoms with Crippen LogP contribution in [0.3, 0.4) is 0 Å². The number of ketones is 1. The van der Waals surface area contributed by atoms with Crippen LogP contribution in [0.2, 0.25) is 0 Å². The summed E-state index contributed by atoms with van der Waals surface area (Å²) in [5.74, 6) is -0.738. The van der Waals surface area contributed by atoms with Crippen LogP contribution in [0.4, 0.5) is 0 Å². The molecule has 0 unspecified atom stereocenters. The molecule has 0 saturated heterocycles. The summed E-state index contributed by atoms with van der Waals surface area (Å²) in [6.45, 7) is 8.93. The van der Waals surface area contributed by atoms with E-state index in [1.54, 1.807) is 37.3 Å². The molecule has 0 aliphatic heterocycles. The van der Waals surface area contributed by atoms with Crippen LogP contribution in [0.15, 0.2) is 36.4 Å². The van der Waals surface area contributed by atoms with Crippen LogP contribution >= 0.6 is 0 Å². The molecule has 5 heteroatoms. The van der Waals surface area contributed by atoms with Crippen LogP contribution < -0.4 is 0 Å². The standard InChI is InChI=1S/C24H38O4.C9H16O/c1-3-5-7-9-11-15-19-27-23(25)21-17-13-14-18-22(21)24(26)28-20-16-12-10-8-6-4-2;1-3-4-5-6-7-8-9(2)10/h13-14,17-18H,3-12,15-16,19-20H2,1-2H3;7-8H,3-6H2,1-2H3. The van der Waals surface area contributed by atoms with Gasteiger partial charge in [0.1, 0.15) is 0 Å². The molecule has 38 heavy (non-hydrogen) atoms. The highest BCUT2D eigenvalue weighted by atomic mass is 16.5. The van der Waals surface area contributed by atoms with E-state index in [0.29, 0.717) is 24.3 Å². The number of hydrogen-bond acceptors (Lipinski definition) is 5. The summed E-state index contributed by atoms with van der Waals surface area (Å²) in [5.41, 5.74) is 0.586. The van der Waals surface area contributed by atoms with E-state index in [-0.39, 0.29) is 5.78 Å². The van der Waals surface area contributed by atoms with Gasteiger partial charge in [0.05, 0.1) is 24.3 Å². The van der Waals surface area contributed by atoms with Gasteiger partial charge in [0.15, 0.2) is 5.78 Å². The molecule has 1 rings (SSSR count). The summed E-state index contributed by atoms with van der Waals surface area (Å²) in [5, 5.41) is 0. The Hall–Kier alpha value is -2.43. The van der Waals surface area contributed by atoms with Gasteiger partial charge in [-0.2, -0.15) is 0 Å². The smallest absolute Gasteiger partial charge is 0.339 e. The average molecular weight is 531 g/mol. The second-order valence-electron chi connectivity index (χ2n) is 9.86. The monoisotopic (exact) mass is 530 g/mol. The minimum absolute atomic E-state index is 0.150. The third kappa shape index (κ3) is 20.6. The molecule has 0 N–H and O–H groups in total. The molecule has 0 radical (unpaired) electrons. The van der Waals surface area contributed by atoms with Gasteiger partial charge in [-0.3, -0.25) is 4.79 Å². The number of hydrogen-bond donors (Lipinski definition) is 0. The first kappa shape index (κ1) is 35.6. The molecule has 1 aromatic carbocycles. The maximum Gasteiger partial charge on any atom is 0.339 e. The lowest BCUT2D eigenvalue weighted by Crippen LogP contribution is -2.15. The van der Waals surface area contributed by atoms with Gasteiger partial charge < -0.3 is 9.47 Å². The lowest BCUT2D eigenvalue weighted by molar-refractivity contribution is -0.112. The van der Waals surface area contributed by atoms with Gasteiger partial charge in [0.25, 0.3) is 0 Å². The largest absolute Gasteiger partial charge is 0.462 e. The van der Waals surface area contributed by atoms with Crippen molar-refractivity contribution in [2.24, 2.45) is 0 Å². The van der Waals surface area contributed by atoms with E-state index >= 15 is 0 Å². The number of unbranched alkanes of at least 4 members (excludes halogenated alkanes) is 13. The normalized spacial score (nSPS) is 10.6. The molecule has 216 valence electrons. The summed E-state index contributed by atoms with van der Waals surface area (Å²) in [6.07, 6.45) is 22.0. The Morgan fingerprint density at radius 2 is 1.00 bits per heavy atom. The predicted molar refractivity (Wildman–Crippen MR) is 158 cm³/mol. The zero-order chi connectivity index (χ0) is 28.3. The maximum absolute atomic E-state index is 12.4. The van der Waals surface area contributed by atoms with Gasteiger partial charge >= 0.3 is 11.9 Å². The van der Waals surface area contributed by atoms with Gasteiger partial charge in [-0.1, -0.05) is 116 Å². The Balaban J connectivity index is 0.00000115. The molecule has 0 bridgehead atoms. The van der Waals surface area contributed by atoms with Crippen molar-refractivity contribution >= 4 is 17.7 Å². The average Bonchev–Trinajstić information content (AvgIpc) is 2.92. The molecule has 0 fully saturated rings. The molecule has 0 atom stereocenters. The first-order valence-corrected chi connectivity index (χ1v) is 15.1. The SMILES string of the molecule is CCCCCC=CC(C)=O.CCCCCCCCOC(=O)c1ccccc1C(=O)OCCCCCCCC. The van der Waals surface area contributed by atoms with E-state index in [4.69, 9.17) is 9.47 Å². The Bertz CT molecular complexity index is 719. The fourth-order valence-corrected chi connectivity index (χ4v) is 3.85. The first-order valence-electron chi connectivity index (χ1n) is 15.1. The van der Waals surface area contributed by atoms with Gasteiger partial charge in [-0.25, -0.2) is 9.59 Å². The maximum atomic E-state index is 12.4. The number of benzene rings is 1. The van der Waals surface area contributed by atoms with E-state index < -0.39 is 11.9 Å². The van der Waals surface area contributed by atoms with E-state index in [2.05, 4.69) is 20.8 Å². The highest BCUT2D eigenvalue weighted by molar-refractivity contribution is 6.03. The second-order valence-corrected chi connectivity index (χ2v) is 9.86. The molecular weight excluding hydrogens is 476 g/mol. The number of esters is 2. The van der Waals surface area contributed by atoms with Gasteiger partial charge in [0.2, 0.25) is 0 Å². The molecule has 0 aromatic heterocycles. The van der Waals surface area contributed by atoms with Crippen molar-refractivity contribution in [1.29, 1.82) is 0 Å². The molecule has 5 nitrogen and oxygen atoms in total. The summed E-state index contributed by atoms with van der Waals surface area (Å²) in [4.78, 5) is 35.1. The van der Waals surface area contributed by atoms with Crippen molar-refractivity contribution in [3.05, 3.63) is 47.5 Å². The highest BCUT2D eigenvalue weighted by Crippen LogP contribution is 2.14. The van der Waals surface area contributed by atoms with Gasteiger partial charge in [-0.15, -0.1) is 0 Å². The molecule has 0 aliphatic rings. The van der Waals surface area contributed by atoms with Crippen molar-refractivity contribution in [1.82, 2.24) is 0 Å². The highest BCUT2D eigenvalue weighted by Gasteiger charge is 2.18. The zero-order valence-electron chi connectivity index (χ0n) is 24.7. The first-order chi connectivity index (χ1) is 18.5. The van der Waals surface area contributed by atoms with Gasteiger partial charge in [-0.05, 0) is 50.8 Å². The lowest BCUT2D eigenvalue weighted by atomic mass is 10.1. The van der Waals surface area contributed by atoms with Crippen LogP contribution in [0.5, 0.6) is 0 Å². The number of carbonyl (C=O) groups excluding carboxylic acids is 3. The molecule has 0 amide bonds. The van der Waals surface area contributed by atoms with Crippen molar-refractivity contribution in [3.63, 3.8) is 0 Å². The van der Waals surface area contributed by atoms with E-state index in [1.807, 2.05) is 6.08 Å². The third-order valence-electron chi connectivity index (χ3n) is 6.16. The fraction of sp³-hybridized carbons (Fsp3) is 0.667. The van der Waals surface area contributed by atoms with Crippen LogP contribution in [-0.2, 0) is 14.3 Å². The molecule has 0 saturated carbocycles. The molecule has 1 aromatic rings. The Kier molecular flexibility index (Phi) is 24.5. The van der Waals surface area contributed by atoms with E-state index in [9.17, 15) is 14.4 Å². The number of allylic oxidation sites excluding steroid dienone is 2. The molecule has 0 spiro atoms. The van der Waals surface area contributed by atoms with Crippen LogP contribution in [0.1, 0.15) is 151 Å². The lowest BCUT2D eigenvalue weighted by Gasteiger charge is -2.10. The van der Waals surface area contributed by atoms with Crippen molar-refractivity contribution in [2.45, 2.75) is 130 Å². The quantitative estimate of drug-likeness (QED) is 0.0899. The minimum Gasteiger partial charge on any atom is -0.462 e. The summed E-state index contributed by atoms with van der Waals surface area (Å²) in [7, 11) is 0. The second kappa shape index (κ2) is 26.2. The van der Waals surface area contributed by atoms with Crippen LogP contribution in [-0.4, -0.2) is 30.9 Å². The summed E-state index contributed by atoms with van der Waals surface area (Å²) >= 11 is 0. The summed E-state index contributed by atoms with van der Waals surface area (Å²) in [6, 6.07) is 6.74. The van der Waals surface area contributed by atoms with Crippen LogP contribution in [0, 0.1) is 0 Å². The number of rotatable bonds is 21. The molecular formula is C33H54O5. The van der Waals surface area contributed by atoms with Crippen molar-refractivity contribution < 1.29 is 23.9 Å². The predicted octanol–water partition coefficient (Wildman–Crippen LogP) is 9.43. The fourth-order valence-electron chi connectivity index (χ4n) is 3.85. The Labute approximate surface area is 232 Å².